The lowest BCUT2D eigenvalue weighted by Gasteiger charge is -2.42. The Labute approximate surface area is 125 Å². The first-order valence-corrected chi connectivity index (χ1v) is 7.39. The van der Waals surface area contributed by atoms with Crippen molar-refractivity contribution in [2.45, 2.75) is 37.7 Å². The Morgan fingerprint density at radius 1 is 0.810 bits per heavy atom. The van der Waals surface area contributed by atoms with Gasteiger partial charge in [0.1, 0.15) is 11.0 Å². The summed E-state index contributed by atoms with van der Waals surface area (Å²) in [5.41, 5.74) is 0.954. The minimum atomic E-state index is -0.683. The summed E-state index contributed by atoms with van der Waals surface area (Å²) in [7, 11) is 0. The standard InChI is InChI=1S/C19H20O2/c1-18(2)13-14-19(17(20)21-18,15-9-5-3-6-10-15)16-11-7-4-8-12-16/h3-12H,13-14H2,1-2H3. The third-order valence-corrected chi connectivity index (χ3v) is 4.35. The Balaban J connectivity index is 2.16. The number of cyclic esters (lactones) is 1. The molecule has 0 bridgehead atoms. The minimum Gasteiger partial charge on any atom is -0.459 e. The molecule has 0 aromatic heterocycles. The van der Waals surface area contributed by atoms with Crippen molar-refractivity contribution in [3.8, 4) is 0 Å². The minimum absolute atomic E-state index is 0.142. The largest absolute Gasteiger partial charge is 0.459 e. The average Bonchev–Trinajstić information content (AvgIpc) is 2.49. The highest BCUT2D eigenvalue weighted by atomic mass is 16.6. The quantitative estimate of drug-likeness (QED) is 0.775. The summed E-state index contributed by atoms with van der Waals surface area (Å²) in [4.78, 5) is 12.9. The molecule has 108 valence electrons. The first-order valence-electron chi connectivity index (χ1n) is 7.39. The van der Waals surface area contributed by atoms with Crippen LogP contribution < -0.4 is 0 Å². The van der Waals surface area contributed by atoms with Crippen molar-refractivity contribution in [3.05, 3.63) is 71.8 Å². The van der Waals surface area contributed by atoms with Crippen LogP contribution in [0.2, 0.25) is 0 Å². The smallest absolute Gasteiger partial charge is 0.321 e. The maximum atomic E-state index is 12.9. The van der Waals surface area contributed by atoms with Gasteiger partial charge in [0.25, 0.3) is 0 Å². The second-order valence-electron chi connectivity index (χ2n) is 6.29. The van der Waals surface area contributed by atoms with Gasteiger partial charge >= 0.3 is 5.97 Å². The van der Waals surface area contributed by atoms with E-state index in [4.69, 9.17) is 4.74 Å². The molecule has 1 aliphatic rings. The lowest BCUT2D eigenvalue weighted by Crippen LogP contribution is -2.48. The van der Waals surface area contributed by atoms with Crippen LogP contribution in [0.5, 0.6) is 0 Å². The molecule has 2 aromatic rings. The molecular weight excluding hydrogens is 260 g/mol. The van der Waals surface area contributed by atoms with Gasteiger partial charge in [0.05, 0.1) is 0 Å². The molecule has 21 heavy (non-hydrogen) atoms. The number of rotatable bonds is 2. The molecule has 0 saturated carbocycles. The molecule has 0 spiro atoms. The van der Waals surface area contributed by atoms with Crippen molar-refractivity contribution in [1.82, 2.24) is 0 Å². The summed E-state index contributed by atoms with van der Waals surface area (Å²) in [6, 6.07) is 19.9. The maximum Gasteiger partial charge on any atom is 0.321 e. The molecule has 0 aliphatic carbocycles. The van der Waals surface area contributed by atoms with Crippen LogP contribution >= 0.6 is 0 Å². The molecule has 1 saturated heterocycles. The molecule has 1 aliphatic heterocycles. The lowest BCUT2D eigenvalue weighted by atomic mass is 9.68. The number of benzene rings is 2. The van der Waals surface area contributed by atoms with Gasteiger partial charge in [-0.1, -0.05) is 60.7 Å². The molecule has 0 atom stereocenters. The van der Waals surface area contributed by atoms with Crippen molar-refractivity contribution in [2.75, 3.05) is 0 Å². The predicted octanol–water partition coefficient (Wildman–Crippen LogP) is 4.09. The van der Waals surface area contributed by atoms with E-state index in [2.05, 4.69) is 0 Å². The van der Waals surface area contributed by atoms with E-state index in [-0.39, 0.29) is 11.6 Å². The summed E-state index contributed by atoms with van der Waals surface area (Å²) in [6.45, 7) is 3.95. The molecule has 0 amide bonds. The van der Waals surface area contributed by atoms with Crippen molar-refractivity contribution in [2.24, 2.45) is 0 Å². The first kappa shape index (κ1) is 13.9. The van der Waals surface area contributed by atoms with Crippen molar-refractivity contribution >= 4 is 5.97 Å². The van der Waals surface area contributed by atoms with Gasteiger partial charge in [-0.2, -0.15) is 0 Å². The summed E-state index contributed by atoms with van der Waals surface area (Å²) in [5.74, 6) is -0.142. The topological polar surface area (TPSA) is 26.3 Å². The zero-order chi connectivity index (χ0) is 14.9. The molecule has 0 radical (unpaired) electrons. The molecule has 0 N–H and O–H groups in total. The Morgan fingerprint density at radius 3 is 1.71 bits per heavy atom. The van der Waals surface area contributed by atoms with E-state index in [1.165, 1.54) is 0 Å². The lowest BCUT2D eigenvalue weighted by molar-refractivity contribution is -0.170. The molecule has 2 nitrogen and oxygen atoms in total. The van der Waals surface area contributed by atoms with Crippen molar-refractivity contribution in [3.63, 3.8) is 0 Å². The first-order chi connectivity index (χ1) is 10.0. The maximum absolute atomic E-state index is 12.9. The van der Waals surface area contributed by atoms with Gasteiger partial charge in [0.2, 0.25) is 0 Å². The SMILES string of the molecule is CC1(C)CCC(c2ccccc2)(c2ccccc2)C(=O)O1. The number of esters is 1. The number of carbonyl (C=O) groups is 1. The van der Waals surface area contributed by atoms with Gasteiger partial charge in [0.15, 0.2) is 0 Å². The molecule has 2 heteroatoms. The Hall–Kier alpha value is -2.09. The van der Waals surface area contributed by atoms with Gasteiger partial charge in [0, 0.05) is 0 Å². The normalized spacial score (nSPS) is 19.8. The Morgan fingerprint density at radius 2 is 1.29 bits per heavy atom. The fourth-order valence-corrected chi connectivity index (χ4v) is 3.12. The average molecular weight is 280 g/mol. The predicted molar refractivity (Wildman–Crippen MR) is 83.1 cm³/mol. The van der Waals surface area contributed by atoms with Crippen molar-refractivity contribution < 1.29 is 9.53 Å². The number of hydrogen-bond acceptors (Lipinski definition) is 2. The number of hydrogen-bond donors (Lipinski definition) is 0. The highest BCUT2D eigenvalue weighted by Gasteiger charge is 2.49. The van der Waals surface area contributed by atoms with E-state index in [9.17, 15) is 4.79 Å². The summed E-state index contributed by atoms with van der Waals surface area (Å²) in [6.07, 6.45) is 1.62. The number of carbonyl (C=O) groups excluding carboxylic acids is 1. The zero-order valence-corrected chi connectivity index (χ0v) is 12.5. The zero-order valence-electron chi connectivity index (χ0n) is 12.5. The van der Waals surface area contributed by atoms with Crippen LogP contribution in [-0.4, -0.2) is 11.6 Å². The van der Waals surface area contributed by atoms with Crippen LogP contribution in [0.3, 0.4) is 0 Å². The van der Waals surface area contributed by atoms with Gasteiger partial charge in [-0.15, -0.1) is 0 Å². The monoisotopic (exact) mass is 280 g/mol. The highest BCUT2D eigenvalue weighted by molar-refractivity contribution is 5.88. The summed E-state index contributed by atoms with van der Waals surface area (Å²) in [5, 5.41) is 0. The molecule has 1 heterocycles. The fraction of sp³-hybridized carbons (Fsp3) is 0.316. The van der Waals surface area contributed by atoms with E-state index in [0.717, 1.165) is 24.0 Å². The molecule has 2 aromatic carbocycles. The van der Waals surface area contributed by atoms with Crippen LogP contribution in [0.15, 0.2) is 60.7 Å². The van der Waals surface area contributed by atoms with Crippen molar-refractivity contribution in [1.29, 1.82) is 0 Å². The van der Waals surface area contributed by atoms with E-state index >= 15 is 0 Å². The fourth-order valence-electron chi connectivity index (χ4n) is 3.12. The van der Waals surface area contributed by atoms with Gasteiger partial charge in [-0.25, -0.2) is 0 Å². The van der Waals surface area contributed by atoms with E-state index in [1.54, 1.807) is 0 Å². The van der Waals surface area contributed by atoms with Gasteiger partial charge < -0.3 is 4.74 Å². The van der Waals surface area contributed by atoms with Crippen LogP contribution in [0.25, 0.3) is 0 Å². The molecular formula is C19H20O2. The second-order valence-corrected chi connectivity index (χ2v) is 6.29. The van der Waals surface area contributed by atoms with Gasteiger partial charge in [-0.3, -0.25) is 4.79 Å². The van der Waals surface area contributed by atoms with E-state index in [1.807, 2.05) is 74.5 Å². The third-order valence-electron chi connectivity index (χ3n) is 4.35. The Kier molecular flexibility index (Phi) is 3.32. The summed E-state index contributed by atoms with van der Waals surface area (Å²) >= 11 is 0. The molecule has 3 rings (SSSR count). The van der Waals surface area contributed by atoms with Crippen LogP contribution in [0.1, 0.15) is 37.8 Å². The van der Waals surface area contributed by atoms with Crippen LogP contribution in [0, 0.1) is 0 Å². The molecule has 1 fully saturated rings. The van der Waals surface area contributed by atoms with Gasteiger partial charge in [-0.05, 0) is 37.8 Å². The second kappa shape index (κ2) is 5.03. The third kappa shape index (κ3) is 2.35. The number of ether oxygens (including phenoxy) is 1. The van der Waals surface area contributed by atoms with E-state index in [0.29, 0.717) is 0 Å². The van der Waals surface area contributed by atoms with E-state index < -0.39 is 5.41 Å². The highest BCUT2D eigenvalue weighted by Crippen LogP contribution is 2.44. The summed E-state index contributed by atoms with van der Waals surface area (Å²) < 4.78 is 5.76. The molecule has 0 unspecified atom stereocenters. The van der Waals surface area contributed by atoms with Crippen LogP contribution in [-0.2, 0) is 14.9 Å². The van der Waals surface area contributed by atoms with Crippen LogP contribution in [0.4, 0.5) is 0 Å². The Bertz CT molecular complexity index is 590.